The molecule has 0 radical (unpaired) electrons. The van der Waals surface area contributed by atoms with Gasteiger partial charge in [-0.1, -0.05) is 94.3 Å². The van der Waals surface area contributed by atoms with Gasteiger partial charge in [-0.3, -0.25) is 4.79 Å². The summed E-state index contributed by atoms with van der Waals surface area (Å²) in [5.74, 6) is 0. The lowest BCUT2D eigenvalue weighted by molar-refractivity contribution is -0.104. The fourth-order valence-electron chi connectivity index (χ4n) is 4.43. The van der Waals surface area contributed by atoms with Gasteiger partial charge in [0.15, 0.2) is 0 Å². The Morgan fingerprint density at radius 3 is 2.00 bits per heavy atom. The Morgan fingerprint density at radius 1 is 0.767 bits per heavy atom. The summed E-state index contributed by atoms with van der Waals surface area (Å²) in [5, 5.41) is 0. The van der Waals surface area contributed by atoms with E-state index in [1.54, 1.807) is 6.08 Å². The largest absolute Gasteiger partial charge is 0.340 e. The number of aldehydes is 1. The van der Waals surface area contributed by atoms with Crippen LogP contribution >= 0.6 is 0 Å². The SMILES string of the molecule is CCCCCCCCCCN1c2ccccc2C(C)=C(/C=C/C=O)c2ccccc21. The summed E-state index contributed by atoms with van der Waals surface area (Å²) in [6.07, 6.45) is 15.0. The summed E-state index contributed by atoms with van der Waals surface area (Å²) in [7, 11) is 0. The van der Waals surface area contributed by atoms with Crippen molar-refractivity contribution in [1.29, 1.82) is 0 Å². The van der Waals surface area contributed by atoms with Crippen molar-refractivity contribution in [3.8, 4) is 0 Å². The van der Waals surface area contributed by atoms with Crippen LogP contribution in [0.1, 0.15) is 76.3 Å². The molecule has 1 heterocycles. The van der Waals surface area contributed by atoms with E-state index in [9.17, 15) is 4.79 Å². The molecule has 2 aromatic rings. The molecule has 30 heavy (non-hydrogen) atoms. The third-order valence-corrected chi connectivity index (χ3v) is 6.06. The van der Waals surface area contributed by atoms with Gasteiger partial charge in [-0.2, -0.15) is 0 Å². The number of nitrogens with zero attached hydrogens (tertiary/aromatic N) is 1. The van der Waals surface area contributed by atoms with E-state index in [0.717, 1.165) is 18.4 Å². The molecule has 3 rings (SSSR count). The molecule has 2 heteroatoms. The minimum atomic E-state index is 0.859. The summed E-state index contributed by atoms with van der Waals surface area (Å²) in [4.78, 5) is 13.5. The predicted octanol–water partition coefficient (Wildman–Crippen LogP) is 7.96. The van der Waals surface area contributed by atoms with Crippen LogP contribution in [0.5, 0.6) is 0 Å². The lowest BCUT2D eigenvalue weighted by Gasteiger charge is -2.27. The molecule has 0 aliphatic carbocycles. The van der Waals surface area contributed by atoms with Crippen LogP contribution in [-0.2, 0) is 4.79 Å². The Morgan fingerprint density at radius 2 is 1.33 bits per heavy atom. The van der Waals surface area contributed by atoms with Crippen molar-refractivity contribution in [1.82, 2.24) is 0 Å². The Hall–Kier alpha value is -2.61. The van der Waals surface area contributed by atoms with E-state index in [1.807, 2.05) is 6.08 Å². The lowest BCUT2D eigenvalue weighted by atomic mass is 9.95. The topological polar surface area (TPSA) is 20.3 Å². The minimum absolute atomic E-state index is 0.859. The Bertz CT molecular complexity index is 893. The predicted molar refractivity (Wildman–Crippen MR) is 130 cm³/mol. The van der Waals surface area contributed by atoms with Gasteiger partial charge in [-0.05, 0) is 42.7 Å². The van der Waals surface area contributed by atoms with Gasteiger partial charge in [-0.15, -0.1) is 0 Å². The van der Waals surface area contributed by atoms with E-state index in [0.29, 0.717) is 0 Å². The second-order valence-electron chi connectivity index (χ2n) is 8.19. The highest BCUT2D eigenvalue weighted by molar-refractivity contribution is 6.04. The highest BCUT2D eigenvalue weighted by Crippen LogP contribution is 2.43. The van der Waals surface area contributed by atoms with Gasteiger partial charge in [0.25, 0.3) is 0 Å². The molecule has 0 spiro atoms. The van der Waals surface area contributed by atoms with Crippen LogP contribution in [0.15, 0.2) is 60.7 Å². The molecule has 2 aromatic carbocycles. The summed E-state index contributed by atoms with van der Waals surface area (Å²) >= 11 is 0. The number of unbranched alkanes of at least 4 members (excludes halogenated alkanes) is 7. The van der Waals surface area contributed by atoms with Crippen molar-refractivity contribution >= 4 is 28.8 Å². The van der Waals surface area contributed by atoms with Crippen LogP contribution in [0, 0.1) is 0 Å². The molecule has 0 amide bonds. The number of hydrogen-bond acceptors (Lipinski definition) is 2. The molecule has 0 bridgehead atoms. The van der Waals surface area contributed by atoms with E-state index in [2.05, 4.69) is 67.3 Å². The summed E-state index contributed by atoms with van der Waals surface area (Å²) in [5.41, 5.74) is 7.29. The second-order valence-corrected chi connectivity index (χ2v) is 8.19. The van der Waals surface area contributed by atoms with Crippen molar-refractivity contribution < 1.29 is 4.79 Å². The quantitative estimate of drug-likeness (QED) is 0.216. The van der Waals surface area contributed by atoms with Crippen molar-refractivity contribution in [3.05, 3.63) is 71.8 Å². The molecule has 0 fully saturated rings. The highest BCUT2D eigenvalue weighted by Gasteiger charge is 2.23. The number of fused-ring (bicyclic) bond motifs is 2. The van der Waals surface area contributed by atoms with Crippen molar-refractivity contribution in [2.24, 2.45) is 0 Å². The van der Waals surface area contributed by atoms with Crippen molar-refractivity contribution in [2.75, 3.05) is 11.4 Å². The smallest absolute Gasteiger partial charge is 0.142 e. The molecular weight excluding hydrogens is 366 g/mol. The zero-order valence-electron chi connectivity index (χ0n) is 18.6. The number of para-hydroxylation sites is 2. The molecule has 1 aliphatic rings. The second kappa shape index (κ2) is 11.5. The number of anilines is 2. The van der Waals surface area contributed by atoms with Crippen LogP contribution in [0.4, 0.5) is 11.4 Å². The monoisotopic (exact) mass is 401 g/mol. The number of carbonyl (C=O) groups is 1. The molecule has 0 unspecified atom stereocenters. The first-order valence-corrected chi connectivity index (χ1v) is 11.6. The number of hydrogen-bond donors (Lipinski definition) is 0. The van der Waals surface area contributed by atoms with Crippen LogP contribution in [-0.4, -0.2) is 12.8 Å². The van der Waals surface area contributed by atoms with E-state index in [-0.39, 0.29) is 0 Å². The fraction of sp³-hybridized carbons (Fsp3) is 0.393. The zero-order valence-corrected chi connectivity index (χ0v) is 18.6. The third-order valence-electron chi connectivity index (χ3n) is 6.06. The molecule has 0 aromatic heterocycles. The standard InChI is InChI=1S/C28H35NO/c1-3-4-5-6-7-8-9-14-21-29-27-19-12-10-16-25(27)23(2)24(18-15-22-30)26-17-11-13-20-28(26)29/h10-13,15-20,22H,3-9,14,21H2,1-2H3/b18-15+. The van der Waals surface area contributed by atoms with Crippen LogP contribution in [0.25, 0.3) is 11.1 Å². The zero-order chi connectivity index (χ0) is 21.2. The van der Waals surface area contributed by atoms with E-state index < -0.39 is 0 Å². The van der Waals surface area contributed by atoms with Crippen LogP contribution < -0.4 is 4.90 Å². The number of allylic oxidation sites excluding steroid dienone is 4. The van der Waals surface area contributed by atoms with Gasteiger partial charge in [-0.25, -0.2) is 0 Å². The third kappa shape index (κ3) is 5.30. The molecule has 0 N–H and O–H groups in total. The van der Waals surface area contributed by atoms with Crippen LogP contribution in [0.3, 0.4) is 0 Å². The summed E-state index contributed by atoms with van der Waals surface area (Å²) in [6, 6.07) is 17.3. The van der Waals surface area contributed by atoms with Gasteiger partial charge < -0.3 is 4.90 Å². The number of rotatable bonds is 11. The minimum Gasteiger partial charge on any atom is -0.340 e. The number of carbonyl (C=O) groups excluding carboxylic acids is 1. The normalized spacial score (nSPS) is 13.3. The van der Waals surface area contributed by atoms with Crippen LogP contribution in [0.2, 0.25) is 0 Å². The Balaban J connectivity index is 1.82. The number of benzene rings is 2. The maximum absolute atomic E-state index is 11.0. The average Bonchev–Trinajstić information content (AvgIpc) is 2.88. The highest BCUT2D eigenvalue weighted by atomic mass is 16.1. The lowest BCUT2D eigenvalue weighted by Crippen LogP contribution is -2.19. The van der Waals surface area contributed by atoms with Crippen molar-refractivity contribution in [2.45, 2.75) is 65.2 Å². The summed E-state index contributed by atoms with van der Waals surface area (Å²) < 4.78 is 0. The van der Waals surface area contributed by atoms with E-state index >= 15 is 0 Å². The first kappa shape index (κ1) is 22.1. The Labute approximate surface area is 182 Å². The molecule has 158 valence electrons. The fourth-order valence-corrected chi connectivity index (χ4v) is 4.43. The maximum Gasteiger partial charge on any atom is 0.142 e. The van der Waals surface area contributed by atoms with Gasteiger partial charge in [0, 0.05) is 29.0 Å². The maximum atomic E-state index is 11.0. The summed E-state index contributed by atoms with van der Waals surface area (Å²) in [6.45, 7) is 5.45. The van der Waals surface area contributed by atoms with Gasteiger partial charge in [0.2, 0.25) is 0 Å². The first-order valence-electron chi connectivity index (χ1n) is 11.6. The molecule has 1 aliphatic heterocycles. The molecule has 0 atom stereocenters. The average molecular weight is 402 g/mol. The van der Waals surface area contributed by atoms with E-state index in [1.165, 1.54) is 79.4 Å². The first-order chi connectivity index (χ1) is 14.8. The van der Waals surface area contributed by atoms with Gasteiger partial charge in [0.1, 0.15) is 6.29 Å². The Kier molecular flexibility index (Phi) is 8.50. The van der Waals surface area contributed by atoms with Gasteiger partial charge >= 0.3 is 0 Å². The molecule has 0 saturated carbocycles. The molecule has 0 saturated heterocycles. The molecule has 2 nitrogen and oxygen atoms in total. The van der Waals surface area contributed by atoms with Gasteiger partial charge in [0.05, 0.1) is 0 Å². The molecular formula is C28H35NO. The van der Waals surface area contributed by atoms with E-state index in [4.69, 9.17) is 0 Å². The van der Waals surface area contributed by atoms with Crippen molar-refractivity contribution in [3.63, 3.8) is 0 Å².